The molecule has 0 radical (unpaired) electrons. The summed E-state index contributed by atoms with van der Waals surface area (Å²) < 4.78 is 3.20. The number of carbonyl (C=O) groups is 1. The predicted molar refractivity (Wildman–Crippen MR) is 135 cm³/mol. The van der Waals surface area contributed by atoms with Gasteiger partial charge in [0, 0.05) is 32.9 Å². The van der Waals surface area contributed by atoms with Crippen LogP contribution in [0.25, 0.3) is 5.69 Å². The minimum absolute atomic E-state index is 0.104. The van der Waals surface area contributed by atoms with Crippen LogP contribution in [0.4, 0.5) is 0 Å². The van der Waals surface area contributed by atoms with E-state index in [0.717, 1.165) is 32.9 Å². The largest absolute Gasteiger partial charge is 0.316 e. The fourth-order valence-corrected chi connectivity index (χ4v) is 4.89. The molecule has 0 bridgehead atoms. The lowest BCUT2D eigenvalue weighted by atomic mass is 10.1. The lowest BCUT2D eigenvalue weighted by molar-refractivity contribution is -0.118. The quantitative estimate of drug-likeness (QED) is 0.313. The molecule has 3 rings (SSSR count). The Balaban J connectivity index is 1.64. The lowest BCUT2D eigenvalue weighted by Crippen LogP contribution is -2.19. The number of hydrogen-bond acceptors (Lipinski definition) is 3. The highest BCUT2D eigenvalue weighted by Crippen LogP contribution is 2.30. The number of hydrogen-bond donors (Lipinski definition) is 1. The zero-order valence-corrected chi connectivity index (χ0v) is 21.0. The van der Waals surface area contributed by atoms with Gasteiger partial charge in [0.25, 0.3) is 0 Å². The first-order valence-electron chi connectivity index (χ1n) is 10.2. The molecular formula is C25H28BrN3OS. The number of aromatic nitrogens is 1. The molecule has 0 atom stereocenters. The summed E-state index contributed by atoms with van der Waals surface area (Å²) in [5.41, 5.74) is 11.9. The van der Waals surface area contributed by atoms with Crippen LogP contribution in [0.15, 0.2) is 52.0 Å². The number of nitrogens with zero attached hydrogens (tertiary/aromatic N) is 2. The van der Waals surface area contributed by atoms with Crippen LogP contribution in [0.3, 0.4) is 0 Å². The highest BCUT2D eigenvalue weighted by atomic mass is 79.9. The van der Waals surface area contributed by atoms with Crippen LogP contribution in [0.5, 0.6) is 0 Å². The number of benzene rings is 2. The number of amides is 1. The van der Waals surface area contributed by atoms with Crippen molar-refractivity contribution in [3.8, 4) is 5.69 Å². The Morgan fingerprint density at radius 3 is 2.39 bits per heavy atom. The van der Waals surface area contributed by atoms with E-state index in [1.54, 1.807) is 18.0 Å². The first-order chi connectivity index (χ1) is 14.8. The van der Waals surface area contributed by atoms with Gasteiger partial charge in [-0.25, -0.2) is 5.43 Å². The van der Waals surface area contributed by atoms with Crippen molar-refractivity contribution in [2.75, 3.05) is 5.75 Å². The van der Waals surface area contributed by atoms with E-state index in [0.29, 0.717) is 5.75 Å². The van der Waals surface area contributed by atoms with Crippen molar-refractivity contribution in [1.82, 2.24) is 9.99 Å². The van der Waals surface area contributed by atoms with Gasteiger partial charge in [-0.3, -0.25) is 4.79 Å². The fourth-order valence-electron chi connectivity index (χ4n) is 3.54. The summed E-state index contributed by atoms with van der Waals surface area (Å²) >= 11 is 5.28. The van der Waals surface area contributed by atoms with Crippen molar-refractivity contribution in [1.29, 1.82) is 0 Å². The zero-order valence-electron chi connectivity index (χ0n) is 18.6. The van der Waals surface area contributed by atoms with Gasteiger partial charge in [0.05, 0.1) is 12.0 Å². The van der Waals surface area contributed by atoms with E-state index in [9.17, 15) is 4.79 Å². The lowest BCUT2D eigenvalue weighted by Gasteiger charge is -2.13. The molecule has 6 heteroatoms. The second kappa shape index (κ2) is 10.3. The number of halogens is 1. The molecule has 1 N–H and O–H groups in total. The molecule has 3 aromatic rings. The maximum atomic E-state index is 12.2. The molecule has 0 fully saturated rings. The number of nitrogens with one attached hydrogen (secondary N) is 1. The maximum Gasteiger partial charge on any atom is 0.250 e. The minimum atomic E-state index is -0.104. The molecule has 0 aliphatic rings. The predicted octanol–water partition coefficient (Wildman–Crippen LogP) is 6.17. The zero-order chi connectivity index (χ0) is 22.5. The van der Waals surface area contributed by atoms with Crippen molar-refractivity contribution < 1.29 is 4.79 Å². The fraction of sp³-hybridized carbons (Fsp3) is 0.280. The van der Waals surface area contributed by atoms with E-state index >= 15 is 0 Å². The van der Waals surface area contributed by atoms with Gasteiger partial charge >= 0.3 is 0 Å². The molecular weight excluding hydrogens is 470 g/mol. The molecule has 0 saturated heterocycles. The summed E-state index contributed by atoms with van der Waals surface area (Å²) in [5, 5.41) is 4.20. The molecule has 31 heavy (non-hydrogen) atoms. The molecule has 0 saturated carbocycles. The van der Waals surface area contributed by atoms with Crippen LogP contribution >= 0.6 is 27.7 Å². The molecule has 0 unspecified atom stereocenters. The van der Waals surface area contributed by atoms with E-state index in [-0.39, 0.29) is 5.91 Å². The van der Waals surface area contributed by atoms with Gasteiger partial charge in [-0.15, -0.1) is 11.8 Å². The van der Waals surface area contributed by atoms with Gasteiger partial charge in [0.15, 0.2) is 0 Å². The molecule has 0 spiro atoms. The third-order valence-corrected chi connectivity index (χ3v) is 7.22. The second-order valence-electron chi connectivity index (χ2n) is 7.80. The summed E-state index contributed by atoms with van der Waals surface area (Å²) in [5.74, 6) is 1.07. The third kappa shape index (κ3) is 5.69. The average Bonchev–Trinajstić information content (AvgIpc) is 2.93. The van der Waals surface area contributed by atoms with Gasteiger partial charge in [-0.2, -0.15) is 5.10 Å². The number of carbonyl (C=O) groups excluding carboxylic acids is 1. The molecule has 1 amide bonds. The van der Waals surface area contributed by atoms with E-state index in [2.05, 4.69) is 108 Å². The first kappa shape index (κ1) is 23.4. The molecule has 2 aromatic carbocycles. The Bertz CT molecular complexity index is 1120. The maximum absolute atomic E-state index is 12.2. The monoisotopic (exact) mass is 497 g/mol. The van der Waals surface area contributed by atoms with Gasteiger partial charge in [0.2, 0.25) is 5.91 Å². The first-order valence-corrected chi connectivity index (χ1v) is 12.1. The van der Waals surface area contributed by atoms with Crippen LogP contribution in [0, 0.1) is 34.6 Å². The summed E-state index contributed by atoms with van der Waals surface area (Å²) in [6.07, 6.45) is 1.72. The molecule has 0 aliphatic carbocycles. The Kier molecular flexibility index (Phi) is 7.79. The topological polar surface area (TPSA) is 46.4 Å². The third-order valence-electron chi connectivity index (χ3n) is 5.21. The molecule has 1 aromatic heterocycles. The van der Waals surface area contributed by atoms with Gasteiger partial charge in [-0.05, 0) is 67.7 Å². The average molecular weight is 498 g/mol. The smallest absolute Gasteiger partial charge is 0.250 e. The summed E-state index contributed by atoms with van der Waals surface area (Å²) in [4.78, 5) is 12.2. The minimum Gasteiger partial charge on any atom is -0.316 e. The van der Waals surface area contributed by atoms with E-state index in [1.807, 2.05) is 0 Å². The Morgan fingerprint density at radius 2 is 1.71 bits per heavy atom. The van der Waals surface area contributed by atoms with Crippen LogP contribution in [-0.2, 0) is 10.5 Å². The molecule has 4 nitrogen and oxygen atoms in total. The van der Waals surface area contributed by atoms with Crippen molar-refractivity contribution in [3.63, 3.8) is 0 Å². The van der Waals surface area contributed by atoms with Crippen molar-refractivity contribution in [3.05, 3.63) is 86.1 Å². The van der Waals surface area contributed by atoms with Crippen LogP contribution in [-0.4, -0.2) is 22.4 Å². The number of hydrazone groups is 1. The molecule has 162 valence electrons. The van der Waals surface area contributed by atoms with E-state index < -0.39 is 0 Å². The summed E-state index contributed by atoms with van der Waals surface area (Å²) in [6, 6.07) is 14.8. The SMILES string of the molecule is Cc1ccc(CSCC(=O)N/N=C\c2c(Br)c(C)n(-c3ccc(C)cc3C)c2C)cc1. The normalized spacial score (nSPS) is 11.3. The summed E-state index contributed by atoms with van der Waals surface area (Å²) in [6.45, 7) is 10.4. The van der Waals surface area contributed by atoms with Crippen molar-refractivity contribution in [2.24, 2.45) is 5.10 Å². The van der Waals surface area contributed by atoms with E-state index in [4.69, 9.17) is 0 Å². The Labute approximate surface area is 197 Å². The number of aryl methyl sites for hydroxylation is 3. The highest BCUT2D eigenvalue weighted by molar-refractivity contribution is 9.10. The van der Waals surface area contributed by atoms with Crippen LogP contribution < -0.4 is 5.43 Å². The van der Waals surface area contributed by atoms with Crippen molar-refractivity contribution in [2.45, 2.75) is 40.4 Å². The summed E-state index contributed by atoms with van der Waals surface area (Å²) in [7, 11) is 0. The number of thioether (sulfide) groups is 1. The Hall–Kier alpha value is -2.31. The van der Waals surface area contributed by atoms with Gasteiger partial charge < -0.3 is 4.57 Å². The standard InChI is InChI=1S/C25H28BrN3OS/c1-16-6-9-21(10-7-16)14-31-15-24(30)28-27-13-22-19(4)29(20(5)25(22)26)23-11-8-17(2)12-18(23)3/h6-13H,14-15H2,1-5H3,(H,28,30)/b27-13-. The molecule has 1 heterocycles. The molecule has 0 aliphatic heterocycles. The second-order valence-corrected chi connectivity index (χ2v) is 9.57. The Morgan fingerprint density at radius 1 is 1.03 bits per heavy atom. The van der Waals surface area contributed by atoms with E-state index in [1.165, 1.54) is 22.3 Å². The number of rotatable bonds is 7. The highest BCUT2D eigenvalue weighted by Gasteiger charge is 2.17. The van der Waals surface area contributed by atoms with Crippen LogP contribution in [0.1, 0.15) is 39.2 Å². The van der Waals surface area contributed by atoms with Crippen molar-refractivity contribution >= 4 is 39.8 Å². The van der Waals surface area contributed by atoms with Gasteiger partial charge in [-0.1, -0.05) is 47.5 Å². The van der Waals surface area contributed by atoms with Crippen LogP contribution in [0.2, 0.25) is 0 Å². The van der Waals surface area contributed by atoms with Gasteiger partial charge in [0.1, 0.15) is 0 Å².